The molecule has 0 spiro atoms. The first-order valence-corrected chi connectivity index (χ1v) is 9.03. The topological polar surface area (TPSA) is 17.1 Å². The molecule has 0 aromatic heterocycles. The highest BCUT2D eigenvalue weighted by Gasteiger charge is 2.21. The summed E-state index contributed by atoms with van der Waals surface area (Å²) < 4.78 is 0. The Morgan fingerprint density at radius 3 is 2.22 bits per heavy atom. The van der Waals surface area contributed by atoms with E-state index in [9.17, 15) is 4.79 Å². The minimum atomic E-state index is 0.178. The summed E-state index contributed by atoms with van der Waals surface area (Å²) in [5, 5.41) is 0. The third-order valence-corrected chi connectivity index (χ3v) is 5.13. The van der Waals surface area contributed by atoms with Crippen molar-refractivity contribution >= 4 is 5.78 Å². The van der Waals surface area contributed by atoms with E-state index >= 15 is 0 Å². The van der Waals surface area contributed by atoms with Crippen LogP contribution in [0.25, 0.3) is 0 Å². The highest BCUT2D eigenvalue weighted by Crippen LogP contribution is 2.33. The van der Waals surface area contributed by atoms with Crippen molar-refractivity contribution in [2.45, 2.75) is 72.1 Å². The molecule has 2 rings (SSSR count). The monoisotopic (exact) mass is 310 g/mol. The van der Waals surface area contributed by atoms with Gasteiger partial charge in [-0.2, -0.15) is 0 Å². The molecular formula is C22H30O. The van der Waals surface area contributed by atoms with Crippen LogP contribution < -0.4 is 0 Å². The van der Waals surface area contributed by atoms with E-state index in [1.807, 2.05) is 26.0 Å². The van der Waals surface area contributed by atoms with Gasteiger partial charge in [-0.3, -0.25) is 4.79 Å². The second-order valence-corrected chi connectivity index (χ2v) is 6.72. The summed E-state index contributed by atoms with van der Waals surface area (Å²) in [6.07, 6.45) is 15.2. The number of rotatable bonds is 4. The van der Waals surface area contributed by atoms with Gasteiger partial charge >= 0.3 is 0 Å². The van der Waals surface area contributed by atoms with Crippen LogP contribution >= 0.6 is 0 Å². The molecule has 0 aromatic rings. The highest BCUT2D eigenvalue weighted by atomic mass is 16.1. The van der Waals surface area contributed by atoms with Crippen LogP contribution in [0.5, 0.6) is 0 Å². The Labute approximate surface area is 141 Å². The Morgan fingerprint density at radius 2 is 1.61 bits per heavy atom. The summed E-state index contributed by atoms with van der Waals surface area (Å²) in [6, 6.07) is 0. The molecule has 1 heteroatoms. The maximum absolute atomic E-state index is 13.1. The van der Waals surface area contributed by atoms with E-state index in [0.717, 1.165) is 36.8 Å². The third kappa shape index (κ3) is 4.22. The first kappa shape index (κ1) is 17.7. The van der Waals surface area contributed by atoms with E-state index in [2.05, 4.69) is 19.6 Å². The fourth-order valence-corrected chi connectivity index (χ4v) is 3.65. The fraction of sp³-hybridized carbons (Fsp3) is 0.500. The van der Waals surface area contributed by atoms with Crippen molar-refractivity contribution < 1.29 is 4.79 Å². The van der Waals surface area contributed by atoms with Crippen molar-refractivity contribution in [3.63, 3.8) is 0 Å². The summed E-state index contributed by atoms with van der Waals surface area (Å²) in [6.45, 7) is 10.3. The molecule has 0 amide bonds. The zero-order valence-corrected chi connectivity index (χ0v) is 15.0. The average Bonchev–Trinajstić information content (AvgIpc) is 2.56. The first-order chi connectivity index (χ1) is 11.1. The van der Waals surface area contributed by atoms with Gasteiger partial charge in [-0.25, -0.2) is 0 Å². The van der Waals surface area contributed by atoms with Crippen molar-refractivity contribution in [2.24, 2.45) is 0 Å². The number of Topliss-reactive ketones (excluding diaryl/α,β-unsaturated/α-hetero) is 1. The van der Waals surface area contributed by atoms with Gasteiger partial charge in [0.1, 0.15) is 0 Å². The van der Waals surface area contributed by atoms with Gasteiger partial charge in [0, 0.05) is 11.1 Å². The zero-order valence-electron chi connectivity index (χ0n) is 15.0. The number of hydrogen-bond acceptors (Lipinski definition) is 1. The van der Waals surface area contributed by atoms with Crippen molar-refractivity contribution in [1.29, 1.82) is 0 Å². The maximum atomic E-state index is 13.1. The van der Waals surface area contributed by atoms with E-state index in [1.54, 1.807) is 0 Å². The van der Waals surface area contributed by atoms with E-state index in [-0.39, 0.29) is 5.78 Å². The second kappa shape index (κ2) is 8.29. The lowest BCUT2D eigenvalue weighted by Gasteiger charge is -2.21. The van der Waals surface area contributed by atoms with E-state index < -0.39 is 0 Å². The second-order valence-electron chi connectivity index (χ2n) is 6.72. The SMILES string of the molecule is C=C1CCCC/C1=C/C(=C\C)C(=O)/C(=C/C)C1=C(C)CCCC1. The number of ketones is 1. The Morgan fingerprint density at radius 1 is 0.957 bits per heavy atom. The molecule has 0 unspecified atom stereocenters. The largest absolute Gasteiger partial charge is 0.289 e. The Bertz CT molecular complexity index is 608. The van der Waals surface area contributed by atoms with Gasteiger partial charge in [0.25, 0.3) is 0 Å². The van der Waals surface area contributed by atoms with E-state index in [4.69, 9.17) is 0 Å². The lowest BCUT2D eigenvalue weighted by atomic mass is 9.83. The molecule has 0 aliphatic heterocycles. The number of allylic oxidation sites excluding steroid dienone is 9. The average molecular weight is 310 g/mol. The van der Waals surface area contributed by atoms with E-state index in [0.29, 0.717) is 0 Å². The van der Waals surface area contributed by atoms with E-state index in [1.165, 1.54) is 48.0 Å². The zero-order chi connectivity index (χ0) is 16.8. The summed E-state index contributed by atoms with van der Waals surface area (Å²) in [7, 11) is 0. The van der Waals surface area contributed by atoms with Crippen LogP contribution in [0.2, 0.25) is 0 Å². The van der Waals surface area contributed by atoms with Crippen LogP contribution in [-0.2, 0) is 4.79 Å². The minimum absolute atomic E-state index is 0.178. The molecule has 1 fully saturated rings. The Hall–Kier alpha value is -1.63. The molecule has 0 aromatic carbocycles. The quantitative estimate of drug-likeness (QED) is 0.549. The Kier molecular flexibility index (Phi) is 6.38. The van der Waals surface area contributed by atoms with Gasteiger partial charge in [-0.1, -0.05) is 29.9 Å². The molecule has 124 valence electrons. The number of carbonyl (C=O) groups excluding carboxylic acids is 1. The molecule has 0 saturated heterocycles. The summed E-state index contributed by atoms with van der Waals surface area (Å²) in [5.41, 5.74) is 6.88. The fourth-order valence-electron chi connectivity index (χ4n) is 3.65. The van der Waals surface area contributed by atoms with Crippen LogP contribution in [-0.4, -0.2) is 5.78 Å². The van der Waals surface area contributed by atoms with Gasteiger partial charge in [0.05, 0.1) is 0 Å². The normalized spacial score (nSPS) is 22.7. The van der Waals surface area contributed by atoms with Crippen LogP contribution in [0.3, 0.4) is 0 Å². The van der Waals surface area contributed by atoms with Crippen molar-refractivity contribution in [3.8, 4) is 0 Å². The van der Waals surface area contributed by atoms with Gasteiger partial charge in [0.2, 0.25) is 0 Å². The number of carbonyl (C=O) groups is 1. The van der Waals surface area contributed by atoms with Gasteiger partial charge in [-0.15, -0.1) is 0 Å². The molecule has 2 aliphatic carbocycles. The molecule has 0 N–H and O–H groups in total. The lowest BCUT2D eigenvalue weighted by molar-refractivity contribution is -0.111. The molecular weight excluding hydrogens is 280 g/mol. The number of hydrogen-bond donors (Lipinski definition) is 0. The minimum Gasteiger partial charge on any atom is -0.289 e. The van der Waals surface area contributed by atoms with Crippen LogP contribution in [0.1, 0.15) is 72.1 Å². The molecule has 0 heterocycles. The predicted molar refractivity (Wildman–Crippen MR) is 99.4 cm³/mol. The predicted octanol–water partition coefficient (Wildman–Crippen LogP) is 6.40. The third-order valence-electron chi connectivity index (χ3n) is 5.13. The highest BCUT2D eigenvalue weighted by molar-refractivity contribution is 6.13. The summed E-state index contributed by atoms with van der Waals surface area (Å²) in [4.78, 5) is 13.1. The lowest BCUT2D eigenvalue weighted by Crippen LogP contribution is -2.12. The van der Waals surface area contributed by atoms with Crippen LogP contribution in [0, 0.1) is 0 Å². The van der Waals surface area contributed by atoms with Crippen molar-refractivity contribution in [3.05, 3.63) is 58.2 Å². The smallest absolute Gasteiger partial charge is 0.192 e. The van der Waals surface area contributed by atoms with Crippen LogP contribution in [0.4, 0.5) is 0 Å². The van der Waals surface area contributed by atoms with Gasteiger partial charge < -0.3 is 0 Å². The maximum Gasteiger partial charge on any atom is 0.192 e. The van der Waals surface area contributed by atoms with Gasteiger partial charge in [-0.05, 0) is 89.4 Å². The van der Waals surface area contributed by atoms with Crippen molar-refractivity contribution in [1.82, 2.24) is 0 Å². The summed E-state index contributed by atoms with van der Waals surface area (Å²) in [5.74, 6) is 0.178. The summed E-state index contributed by atoms with van der Waals surface area (Å²) >= 11 is 0. The molecule has 1 nitrogen and oxygen atoms in total. The molecule has 2 aliphatic rings. The standard InChI is InChI=1S/C22H30O/c1-5-18(15-19-13-9-7-11-16(19)3)22(23)20(6-2)21-14-10-8-12-17(21)4/h5-6,15H,3,7-14H2,1-2,4H3/b18-5+,19-15-,20-6+. The molecule has 0 radical (unpaired) electrons. The van der Waals surface area contributed by atoms with Crippen molar-refractivity contribution in [2.75, 3.05) is 0 Å². The van der Waals surface area contributed by atoms with Gasteiger partial charge in [0.15, 0.2) is 5.78 Å². The Balaban J connectivity index is 2.29. The molecule has 0 atom stereocenters. The molecule has 0 bridgehead atoms. The molecule has 1 saturated carbocycles. The first-order valence-electron chi connectivity index (χ1n) is 9.03. The van der Waals surface area contributed by atoms with Crippen LogP contribution in [0.15, 0.2) is 58.2 Å². The molecule has 23 heavy (non-hydrogen) atoms.